The SMILES string of the molecule is Nc1cccc2c1CN(c1cccc(Cl)c1F)C2. The van der Waals surface area contributed by atoms with Crippen molar-refractivity contribution < 1.29 is 4.39 Å². The minimum Gasteiger partial charge on any atom is -0.398 e. The van der Waals surface area contributed by atoms with Crippen molar-refractivity contribution in [2.45, 2.75) is 13.1 Å². The summed E-state index contributed by atoms with van der Waals surface area (Å²) < 4.78 is 14.0. The zero-order chi connectivity index (χ0) is 12.7. The number of nitrogens with two attached hydrogens (primary N) is 1. The fraction of sp³-hybridized carbons (Fsp3) is 0.143. The van der Waals surface area contributed by atoms with Gasteiger partial charge in [-0.2, -0.15) is 0 Å². The molecule has 18 heavy (non-hydrogen) atoms. The number of anilines is 2. The van der Waals surface area contributed by atoms with Crippen molar-refractivity contribution in [1.82, 2.24) is 0 Å². The second-order valence-electron chi connectivity index (χ2n) is 4.41. The Morgan fingerprint density at radius 1 is 1.11 bits per heavy atom. The van der Waals surface area contributed by atoms with E-state index in [9.17, 15) is 4.39 Å². The maximum atomic E-state index is 14.0. The quantitative estimate of drug-likeness (QED) is 0.796. The van der Waals surface area contributed by atoms with E-state index in [4.69, 9.17) is 17.3 Å². The molecular weight excluding hydrogens is 251 g/mol. The van der Waals surface area contributed by atoms with Gasteiger partial charge in [0.15, 0.2) is 5.82 Å². The summed E-state index contributed by atoms with van der Waals surface area (Å²) in [5.74, 6) is -0.370. The van der Waals surface area contributed by atoms with Crippen LogP contribution in [0.1, 0.15) is 11.1 Å². The van der Waals surface area contributed by atoms with E-state index in [0.717, 1.165) is 16.8 Å². The maximum Gasteiger partial charge on any atom is 0.165 e. The standard InChI is InChI=1S/C14H12ClFN2/c15-11-4-2-6-13(14(11)16)18-7-9-3-1-5-12(17)10(9)8-18/h1-6H,7-8,17H2. The summed E-state index contributed by atoms with van der Waals surface area (Å²) in [7, 11) is 0. The molecule has 3 rings (SSSR count). The Balaban J connectivity index is 1.99. The lowest BCUT2D eigenvalue weighted by molar-refractivity contribution is 0.620. The van der Waals surface area contributed by atoms with Gasteiger partial charge < -0.3 is 10.6 Å². The Morgan fingerprint density at radius 3 is 2.67 bits per heavy atom. The van der Waals surface area contributed by atoms with Crippen molar-refractivity contribution in [2.75, 3.05) is 10.6 Å². The van der Waals surface area contributed by atoms with Gasteiger partial charge in [-0.15, -0.1) is 0 Å². The van der Waals surface area contributed by atoms with Crippen LogP contribution in [0.25, 0.3) is 0 Å². The number of hydrogen-bond acceptors (Lipinski definition) is 2. The van der Waals surface area contributed by atoms with Crippen LogP contribution in [0.3, 0.4) is 0 Å². The third-order valence-corrected chi connectivity index (χ3v) is 3.58. The predicted molar refractivity (Wildman–Crippen MR) is 72.2 cm³/mol. The summed E-state index contributed by atoms with van der Waals surface area (Å²) in [4.78, 5) is 1.95. The largest absolute Gasteiger partial charge is 0.398 e. The maximum absolute atomic E-state index is 14.0. The summed E-state index contributed by atoms with van der Waals surface area (Å²) >= 11 is 5.81. The van der Waals surface area contributed by atoms with E-state index in [1.807, 2.05) is 23.1 Å². The van der Waals surface area contributed by atoms with Gasteiger partial charge in [0.25, 0.3) is 0 Å². The van der Waals surface area contributed by atoms with E-state index in [2.05, 4.69) is 0 Å². The Labute approximate surface area is 110 Å². The van der Waals surface area contributed by atoms with Gasteiger partial charge in [-0.05, 0) is 29.3 Å². The molecule has 2 N–H and O–H groups in total. The van der Waals surface area contributed by atoms with Gasteiger partial charge in [-0.25, -0.2) is 4.39 Å². The van der Waals surface area contributed by atoms with Gasteiger partial charge in [-0.3, -0.25) is 0 Å². The van der Waals surface area contributed by atoms with E-state index >= 15 is 0 Å². The number of fused-ring (bicyclic) bond motifs is 1. The lowest BCUT2D eigenvalue weighted by Gasteiger charge is -2.18. The third-order valence-electron chi connectivity index (χ3n) is 3.29. The molecule has 0 aromatic heterocycles. The summed E-state index contributed by atoms with van der Waals surface area (Å²) in [6, 6.07) is 10.9. The summed E-state index contributed by atoms with van der Waals surface area (Å²) in [6.45, 7) is 1.29. The highest BCUT2D eigenvalue weighted by Gasteiger charge is 2.23. The zero-order valence-corrected chi connectivity index (χ0v) is 10.4. The molecule has 2 aromatic rings. The first-order valence-electron chi connectivity index (χ1n) is 5.72. The van der Waals surface area contributed by atoms with Gasteiger partial charge >= 0.3 is 0 Å². The minimum absolute atomic E-state index is 0.149. The van der Waals surface area contributed by atoms with Crippen LogP contribution in [0, 0.1) is 5.82 Å². The molecule has 4 heteroatoms. The molecule has 1 heterocycles. The fourth-order valence-corrected chi connectivity index (χ4v) is 2.52. The van der Waals surface area contributed by atoms with Crippen molar-refractivity contribution in [3.8, 4) is 0 Å². The Hall–Kier alpha value is -1.74. The molecule has 0 amide bonds. The first-order chi connectivity index (χ1) is 8.66. The number of rotatable bonds is 1. The second-order valence-corrected chi connectivity index (χ2v) is 4.82. The molecule has 0 saturated carbocycles. The van der Waals surface area contributed by atoms with Gasteiger partial charge in [-0.1, -0.05) is 29.8 Å². The monoisotopic (exact) mass is 262 g/mol. The molecule has 0 radical (unpaired) electrons. The first kappa shape index (κ1) is 11.4. The number of nitrogen functional groups attached to an aromatic ring is 1. The zero-order valence-electron chi connectivity index (χ0n) is 9.66. The normalized spacial score (nSPS) is 13.8. The number of halogens is 2. The average Bonchev–Trinajstić information content (AvgIpc) is 2.78. The van der Waals surface area contributed by atoms with Gasteiger partial charge in [0.05, 0.1) is 10.7 Å². The van der Waals surface area contributed by atoms with E-state index in [1.54, 1.807) is 18.2 Å². The van der Waals surface area contributed by atoms with Crippen LogP contribution in [-0.2, 0) is 13.1 Å². The lowest BCUT2D eigenvalue weighted by atomic mass is 10.1. The van der Waals surface area contributed by atoms with Crippen LogP contribution in [0.15, 0.2) is 36.4 Å². The molecule has 0 saturated heterocycles. The molecule has 0 atom stereocenters. The van der Waals surface area contributed by atoms with Crippen molar-refractivity contribution in [2.24, 2.45) is 0 Å². The third kappa shape index (κ3) is 1.71. The molecular formula is C14H12ClFN2. The van der Waals surface area contributed by atoms with Crippen LogP contribution in [-0.4, -0.2) is 0 Å². The summed E-state index contributed by atoms with van der Waals surface area (Å²) in [6.07, 6.45) is 0. The minimum atomic E-state index is -0.370. The first-order valence-corrected chi connectivity index (χ1v) is 6.10. The van der Waals surface area contributed by atoms with Crippen LogP contribution in [0.2, 0.25) is 5.02 Å². The van der Waals surface area contributed by atoms with Crippen LogP contribution < -0.4 is 10.6 Å². The highest BCUT2D eigenvalue weighted by Crippen LogP contribution is 2.34. The molecule has 0 bridgehead atoms. The predicted octanol–water partition coefficient (Wildman–Crippen LogP) is 3.58. The molecule has 1 aliphatic heterocycles. The van der Waals surface area contributed by atoms with Crippen LogP contribution in [0.4, 0.5) is 15.8 Å². The molecule has 1 aliphatic rings. The van der Waals surface area contributed by atoms with Crippen molar-refractivity contribution >= 4 is 23.0 Å². The molecule has 0 spiro atoms. The van der Waals surface area contributed by atoms with Crippen LogP contribution in [0.5, 0.6) is 0 Å². The molecule has 0 unspecified atom stereocenters. The number of benzene rings is 2. The van der Waals surface area contributed by atoms with E-state index in [0.29, 0.717) is 18.8 Å². The molecule has 2 aromatic carbocycles. The Kier molecular flexibility index (Phi) is 2.63. The van der Waals surface area contributed by atoms with E-state index < -0.39 is 0 Å². The second kappa shape index (κ2) is 4.18. The van der Waals surface area contributed by atoms with Crippen molar-refractivity contribution in [3.05, 3.63) is 58.4 Å². The number of nitrogens with zero attached hydrogens (tertiary/aromatic N) is 1. The van der Waals surface area contributed by atoms with Crippen molar-refractivity contribution in [3.63, 3.8) is 0 Å². The lowest BCUT2D eigenvalue weighted by Crippen LogP contribution is -2.16. The topological polar surface area (TPSA) is 29.3 Å². The Morgan fingerprint density at radius 2 is 1.89 bits per heavy atom. The highest BCUT2D eigenvalue weighted by atomic mass is 35.5. The van der Waals surface area contributed by atoms with Gasteiger partial charge in [0, 0.05) is 18.8 Å². The Bertz CT molecular complexity index is 613. The highest BCUT2D eigenvalue weighted by molar-refractivity contribution is 6.31. The van der Waals surface area contributed by atoms with E-state index in [1.165, 1.54) is 0 Å². The smallest absolute Gasteiger partial charge is 0.165 e. The number of hydrogen-bond donors (Lipinski definition) is 1. The fourth-order valence-electron chi connectivity index (χ4n) is 2.35. The molecule has 2 nitrogen and oxygen atoms in total. The van der Waals surface area contributed by atoms with E-state index in [-0.39, 0.29) is 10.8 Å². The average molecular weight is 263 g/mol. The van der Waals surface area contributed by atoms with Crippen LogP contribution >= 0.6 is 11.6 Å². The molecule has 0 fully saturated rings. The summed E-state index contributed by atoms with van der Waals surface area (Å²) in [5.41, 5.74) is 9.45. The molecule has 0 aliphatic carbocycles. The van der Waals surface area contributed by atoms with Crippen molar-refractivity contribution in [1.29, 1.82) is 0 Å². The summed E-state index contributed by atoms with van der Waals surface area (Å²) in [5, 5.41) is 0.149. The van der Waals surface area contributed by atoms with Gasteiger partial charge in [0.1, 0.15) is 0 Å². The van der Waals surface area contributed by atoms with Gasteiger partial charge in [0.2, 0.25) is 0 Å². The molecule has 92 valence electrons.